The number of ketones is 1. The molecule has 1 fully saturated rings. The van der Waals surface area contributed by atoms with Crippen molar-refractivity contribution in [2.24, 2.45) is 11.8 Å². The van der Waals surface area contributed by atoms with Crippen LogP contribution >= 0.6 is 0 Å². The summed E-state index contributed by atoms with van der Waals surface area (Å²) in [5, 5.41) is 0. The lowest BCUT2D eigenvalue weighted by atomic mass is 9.80. The first-order valence-corrected chi connectivity index (χ1v) is 6.96. The van der Waals surface area contributed by atoms with E-state index in [1.54, 1.807) is 0 Å². The Labute approximate surface area is 109 Å². The lowest BCUT2D eigenvalue weighted by Gasteiger charge is -2.25. The second-order valence-electron chi connectivity index (χ2n) is 5.35. The van der Waals surface area contributed by atoms with E-state index in [0.717, 1.165) is 18.6 Å². The van der Waals surface area contributed by atoms with E-state index in [1.165, 1.54) is 12.8 Å². The standard InChI is InChI=1S/C16H22O2/c1-13-6-5-7-14(12-13)16(17)10-11-18-15-8-3-2-4-9-15/h2-4,8-9,13-14H,5-7,10-12H2,1H3. The number of carbonyl (C=O) groups is 1. The molecule has 2 nitrogen and oxygen atoms in total. The highest BCUT2D eigenvalue weighted by Gasteiger charge is 2.24. The van der Waals surface area contributed by atoms with Crippen molar-refractivity contribution in [3.63, 3.8) is 0 Å². The van der Waals surface area contributed by atoms with Crippen molar-refractivity contribution < 1.29 is 9.53 Å². The molecule has 0 spiro atoms. The van der Waals surface area contributed by atoms with E-state index in [1.807, 2.05) is 30.3 Å². The van der Waals surface area contributed by atoms with Crippen molar-refractivity contribution in [3.8, 4) is 5.75 Å². The minimum Gasteiger partial charge on any atom is -0.493 e. The van der Waals surface area contributed by atoms with E-state index in [9.17, 15) is 4.79 Å². The van der Waals surface area contributed by atoms with E-state index in [4.69, 9.17) is 4.74 Å². The molecule has 2 atom stereocenters. The quantitative estimate of drug-likeness (QED) is 0.788. The fourth-order valence-electron chi connectivity index (χ4n) is 2.72. The molecular formula is C16H22O2. The predicted octanol–water partition coefficient (Wildman–Crippen LogP) is 3.85. The molecule has 18 heavy (non-hydrogen) atoms. The summed E-state index contributed by atoms with van der Waals surface area (Å²) in [4.78, 5) is 12.1. The van der Waals surface area contributed by atoms with Crippen LogP contribution < -0.4 is 4.74 Å². The van der Waals surface area contributed by atoms with Crippen LogP contribution in [0.5, 0.6) is 5.75 Å². The SMILES string of the molecule is CC1CCCC(C(=O)CCOc2ccccc2)C1. The molecule has 98 valence electrons. The van der Waals surface area contributed by atoms with Gasteiger partial charge in [-0.1, -0.05) is 38.0 Å². The normalized spacial score (nSPS) is 23.6. The largest absolute Gasteiger partial charge is 0.493 e. The summed E-state index contributed by atoms with van der Waals surface area (Å²) in [6.45, 7) is 2.76. The number of hydrogen-bond donors (Lipinski definition) is 0. The van der Waals surface area contributed by atoms with Gasteiger partial charge in [0.15, 0.2) is 0 Å². The van der Waals surface area contributed by atoms with Crippen LogP contribution in [-0.2, 0) is 4.79 Å². The zero-order valence-electron chi connectivity index (χ0n) is 11.1. The Morgan fingerprint density at radius 1 is 1.28 bits per heavy atom. The Hall–Kier alpha value is -1.31. The number of Topliss-reactive ketones (excluding diaryl/α,β-unsaturated/α-hetero) is 1. The highest BCUT2D eigenvalue weighted by atomic mass is 16.5. The average molecular weight is 246 g/mol. The number of rotatable bonds is 5. The third-order valence-corrected chi connectivity index (χ3v) is 3.75. The summed E-state index contributed by atoms with van der Waals surface area (Å²) < 4.78 is 5.57. The smallest absolute Gasteiger partial charge is 0.139 e. The third kappa shape index (κ3) is 3.86. The first-order chi connectivity index (χ1) is 8.75. The predicted molar refractivity (Wildman–Crippen MR) is 72.7 cm³/mol. The Morgan fingerprint density at radius 3 is 2.78 bits per heavy atom. The maximum Gasteiger partial charge on any atom is 0.139 e. The van der Waals surface area contributed by atoms with E-state index in [-0.39, 0.29) is 5.92 Å². The molecule has 0 heterocycles. The van der Waals surface area contributed by atoms with Gasteiger partial charge >= 0.3 is 0 Å². The molecule has 0 aromatic heterocycles. The number of ether oxygens (including phenoxy) is 1. The molecule has 0 amide bonds. The van der Waals surface area contributed by atoms with E-state index >= 15 is 0 Å². The zero-order valence-corrected chi connectivity index (χ0v) is 11.1. The summed E-state index contributed by atoms with van der Waals surface area (Å²) in [7, 11) is 0. The van der Waals surface area contributed by atoms with Crippen LogP contribution in [0.2, 0.25) is 0 Å². The molecule has 0 saturated heterocycles. The molecule has 0 aliphatic heterocycles. The molecule has 0 bridgehead atoms. The molecule has 2 heteroatoms. The fourth-order valence-corrected chi connectivity index (χ4v) is 2.72. The van der Waals surface area contributed by atoms with Gasteiger partial charge in [-0.25, -0.2) is 0 Å². The molecule has 1 saturated carbocycles. The number of carbonyl (C=O) groups excluding carboxylic acids is 1. The van der Waals surface area contributed by atoms with Crippen molar-refractivity contribution in [2.45, 2.75) is 39.0 Å². The summed E-state index contributed by atoms with van der Waals surface area (Å²) in [6, 6.07) is 9.70. The van der Waals surface area contributed by atoms with Crippen molar-refractivity contribution in [3.05, 3.63) is 30.3 Å². The van der Waals surface area contributed by atoms with Crippen molar-refractivity contribution in [1.29, 1.82) is 0 Å². The molecule has 1 aromatic carbocycles. The topological polar surface area (TPSA) is 26.3 Å². The highest BCUT2D eigenvalue weighted by Crippen LogP contribution is 2.29. The van der Waals surface area contributed by atoms with Crippen LogP contribution in [0.4, 0.5) is 0 Å². The summed E-state index contributed by atoms with van der Waals surface area (Å²) in [5.41, 5.74) is 0. The van der Waals surface area contributed by atoms with Crippen molar-refractivity contribution in [1.82, 2.24) is 0 Å². The Bertz CT molecular complexity index is 372. The van der Waals surface area contributed by atoms with Gasteiger partial charge in [-0.3, -0.25) is 4.79 Å². The van der Waals surface area contributed by atoms with Gasteiger partial charge in [0.2, 0.25) is 0 Å². The average Bonchev–Trinajstić information content (AvgIpc) is 2.40. The second kappa shape index (κ2) is 6.58. The molecule has 2 rings (SSSR count). The van der Waals surface area contributed by atoms with Gasteiger partial charge < -0.3 is 4.74 Å². The number of hydrogen-bond acceptors (Lipinski definition) is 2. The zero-order chi connectivity index (χ0) is 12.8. The summed E-state index contributed by atoms with van der Waals surface area (Å²) in [6.07, 6.45) is 5.19. The molecule has 0 radical (unpaired) electrons. The van der Waals surface area contributed by atoms with E-state index in [0.29, 0.717) is 24.7 Å². The van der Waals surface area contributed by atoms with Crippen LogP contribution in [0, 0.1) is 11.8 Å². The minimum absolute atomic E-state index is 0.285. The van der Waals surface area contributed by atoms with Crippen molar-refractivity contribution >= 4 is 5.78 Å². The van der Waals surface area contributed by atoms with Gasteiger partial charge in [0.25, 0.3) is 0 Å². The van der Waals surface area contributed by atoms with Crippen LogP contribution in [0.25, 0.3) is 0 Å². The fraction of sp³-hybridized carbons (Fsp3) is 0.562. The summed E-state index contributed by atoms with van der Waals surface area (Å²) in [5.74, 6) is 2.23. The first kappa shape index (κ1) is 13.1. The van der Waals surface area contributed by atoms with Gasteiger partial charge in [0, 0.05) is 12.3 Å². The molecule has 1 aromatic rings. The number of benzene rings is 1. The van der Waals surface area contributed by atoms with Crippen LogP contribution in [0.1, 0.15) is 39.0 Å². The van der Waals surface area contributed by atoms with Crippen LogP contribution in [-0.4, -0.2) is 12.4 Å². The van der Waals surface area contributed by atoms with Gasteiger partial charge in [0.05, 0.1) is 6.61 Å². The number of para-hydroxylation sites is 1. The molecule has 0 N–H and O–H groups in total. The van der Waals surface area contributed by atoms with E-state index in [2.05, 4.69) is 6.92 Å². The van der Waals surface area contributed by atoms with Gasteiger partial charge in [0.1, 0.15) is 11.5 Å². The van der Waals surface area contributed by atoms with E-state index < -0.39 is 0 Å². The molecule has 2 unspecified atom stereocenters. The minimum atomic E-state index is 0.285. The van der Waals surface area contributed by atoms with Crippen molar-refractivity contribution in [2.75, 3.05) is 6.61 Å². The van der Waals surface area contributed by atoms with Crippen LogP contribution in [0.15, 0.2) is 30.3 Å². The second-order valence-corrected chi connectivity index (χ2v) is 5.35. The van der Waals surface area contributed by atoms with Gasteiger partial charge in [-0.15, -0.1) is 0 Å². The Kier molecular flexibility index (Phi) is 4.80. The first-order valence-electron chi connectivity index (χ1n) is 6.96. The monoisotopic (exact) mass is 246 g/mol. The highest BCUT2D eigenvalue weighted by molar-refractivity contribution is 5.81. The van der Waals surface area contributed by atoms with Gasteiger partial charge in [-0.2, -0.15) is 0 Å². The maximum atomic E-state index is 12.1. The lowest BCUT2D eigenvalue weighted by molar-refractivity contribution is -0.124. The molecule has 1 aliphatic rings. The molecule has 1 aliphatic carbocycles. The summed E-state index contributed by atoms with van der Waals surface area (Å²) >= 11 is 0. The maximum absolute atomic E-state index is 12.1. The van der Waals surface area contributed by atoms with Gasteiger partial charge in [-0.05, 0) is 30.9 Å². The van der Waals surface area contributed by atoms with Crippen LogP contribution in [0.3, 0.4) is 0 Å². The Balaban J connectivity index is 1.71. The molecular weight excluding hydrogens is 224 g/mol. The lowest BCUT2D eigenvalue weighted by Crippen LogP contribution is -2.23. The third-order valence-electron chi connectivity index (χ3n) is 3.75. The Morgan fingerprint density at radius 2 is 2.06 bits per heavy atom.